The molecule has 0 bridgehead atoms. The Bertz CT molecular complexity index is 375. The molecule has 1 rings (SSSR count). The fourth-order valence-electron chi connectivity index (χ4n) is 0.818. The third-order valence-corrected chi connectivity index (χ3v) is 1.52. The van der Waals surface area contributed by atoms with E-state index in [0.29, 0.717) is 0 Å². The molecule has 1 aromatic rings. The molecule has 1 N–H and O–H groups in total. The number of aromatic amines is 1. The molecule has 74 valence electrons. The van der Waals surface area contributed by atoms with Crippen LogP contribution in [0.2, 0.25) is 0 Å². The standard InChI is InChI=1S/C9H10N2O3/c1-14-8(12)4-2-3-7-5-10-9(13)11-6-7/h2-3,5-6H,4H2,1H3,(H,10,11,13). The number of nitrogens with one attached hydrogen (secondary N) is 1. The van der Waals surface area contributed by atoms with Crippen molar-refractivity contribution in [1.82, 2.24) is 9.97 Å². The molecule has 0 aliphatic rings. The lowest BCUT2D eigenvalue weighted by Crippen LogP contribution is -2.07. The maximum absolute atomic E-state index is 10.7. The van der Waals surface area contributed by atoms with Gasteiger partial charge in [-0.15, -0.1) is 0 Å². The number of methoxy groups -OCH3 is 1. The van der Waals surface area contributed by atoms with E-state index in [9.17, 15) is 9.59 Å². The van der Waals surface area contributed by atoms with Crippen molar-refractivity contribution in [2.45, 2.75) is 6.42 Å². The normalized spacial score (nSPS) is 10.4. The number of hydrogen-bond donors (Lipinski definition) is 1. The Hall–Kier alpha value is -1.91. The van der Waals surface area contributed by atoms with E-state index in [1.54, 1.807) is 12.2 Å². The first-order chi connectivity index (χ1) is 6.72. The van der Waals surface area contributed by atoms with E-state index < -0.39 is 5.69 Å². The van der Waals surface area contributed by atoms with Crippen LogP contribution in [0.15, 0.2) is 23.3 Å². The van der Waals surface area contributed by atoms with Crippen molar-refractivity contribution >= 4 is 12.0 Å². The largest absolute Gasteiger partial charge is 0.469 e. The zero-order valence-electron chi connectivity index (χ0n) is 7.69. The summed E-state index contributed by atoms with van der Waals surface area (Å²) in [6, 6.07) is 0. The van der Waals surface area contributed by atoms with Gasteiger partial charge in [-0.1, -0.05) is 12.2 Å². The summed E-state index contributed by atoms with van der Waals surface area (Å²) >= 11 is 0. The zero-order chi connectivity index (χ0) is 10.4. The van der Waals surface area contributed by atoms with Crippen LogP contribution in [-0.4, -0.2) is 23.0 Å². The first kappa shape index (κ1) is 10.2. The van der Waals surface area contributed by atoms with Gasteiger partial charge in [-0.3, -0.25) is 4.79 Å². The van der Waals surface area contributed by atoms with Crippen LogP contribution in [-0.2, 0) is 9.53 Å². The van der Waals surface area contributed by atoms with Crippen molar-refractivity contribution in [3.8, 4) is 0 Å². The van der Waals surface area contributed by atoms with Crippen LogP contribution in [0.25, 0.3) is 6.08 Å². The summed E-state index contributed by atoms with van der Waals surface area (Å²) in [7, 11) is 1.33. The molecule has 0 aliphatic heterocycles. The molecule has 1 aromatic heterocycles. The average Bonchev–Trinajstić information content (AvgIpc) is 2.21. The Balaban J connectivity index is 2.56. The number of H-pyrrole nitrogens is 1. The number of aromatic nitrogens is 2. The van der Waals surface area contributed by atoms with E-state index in [0.717, 1.165) is 5.56 Å². The lowest BCUT2D eigenvalue weighted by Gasteiger charge is -1.92. The number of carbonyl (C=O) groups is 1. The molecule has 0 saturated carbocycles. The molecule has 14 heavy (non-hydrogen) atoms. The minimum absolute atomic E-state index is 0.204. The predicted octanol–water partition coefficient (Wildman–Crippen LogP) is 0.346. The molecule has 0 aliphatic carbocycles. The van der Waals surface area contributed by atoms with Gasteiger partial charge >= 0.3 is 11.7 Å². The van der Waals surface area contributed by atoms with Crippen molar-refractivity contribution in [1.29, 1.82) is 0 Å². The molecule has 0 saturated heterocycles. The second-order valence-electron chi connectivity index (χ2n) is 2.53. The minimum Gasteiger partial charge on any atom is -0.469 e. The fraction of sp³-hybridized carbons (Fsp3) is 0.222. The SMILES string of the molecule is COC(=O)CC=Cc1cnc(=O)[nH]c1. The van der Waals surface area contributed by atoms with Gasteiger partial charge in [0.15, 0.2) is 0 Å². The highest BCUT2D eigenvalue weighted by molar-refractivity contribution is 5.72. The second kappa shape index (κ2) is 4.96. The van der Waals surface area contributed by atoms with E-state index in [1.165, 1.54) is 19.5 Å². The van der Waals surface area contributed by atoms with Crippen LogP contribution in [0, 0.1) is 0 Å². The maximum Gasteiger partial charge on any atom is 0.344 e. The summed E-state index contributed by atoms with van der Waals surface area (Å²) in [5.74, 6) is -0.307. The zero-order valence-corrected chi connectivity index (χ0v) is 7.69. The molecule has 1 heterocycles. The number of carbonyl (C=O) groups excluding carboxylic acids is 1. The summed E-state index contributed by atoms with van der Waals surface area (Å²) in [6.07, 6.45) is 6.46. The van der Waals surface area contributed by atoms with Crippen molar-refractivity contribution in [3.63, 3.8) is 0 Å². The number of hydrogen-bond acceptors (Lipinski definition) is 4. The van der Waals surface area contributed by atoms with Gasteiger partial charge in [0.25, 0.3) is 0 Å². The quantitative estimate of drug-likeness (QED) is 0.704. The first-order valence-electron chi connectivity index (χ1n) is 4.00. The Morgan fingerprint density at radius 3 is 3.07 bits per heavy atom. The van der Waals surface area contributed by atoms with E-state index in [4.69, 9.17) is 0 Å². The van der Waals surface area contributed by atoms with E-state index >= 15 is 0 Å². The van der Waals surface area contributed by atoms with E-state index in [1.807, 2.05) is 0 Å². The summed E-state index contributed by atoms with van der Waals surface area (Å²) in [5.41, 5.74) is 0.337. The lowest BCUT2D eigenvalue weighted by molar-refractivity contribution is -0.139. The molecular weight excluding hydrogens is 184 g/mol. The fourth-order valence-corrected chi connectivity index (χ4v) is 0.818. The van der Waals surface area contributed by atoms with Gasteiger partial charge in [-0.25, -0.2) is 9.78 Å². The number of ether oxygens (including phenoxy) is 1. The van der Waals surface area contributed by atoms with E-state index in [-0.39, 0.29) is 12.4 Å². The average molecular weight is 194 g/mol. The summed E-state index contributed by atoms with van der Waals surface area (Å²) in [4.78, 5) is 27.2. The molecular formula is C9H10N2O3. The monoisotopic (exact) mass is 194 g/mol. The van der Waals surface area contributed by atoms with Crippen molar-refractivity contribution in [2.75, 3.05) is 7.11 Å². The molecule has 0 aromatic carbocycles. The Kier molecular flexibility index (Phi) is 3.60. The number of rotatable bonds is 3. The second-order valence-corrected chi connectivity index (χ2v) is 2.53. The molecule has 0 amide bonds. The molecule has 0 spiro atoms. The van der Waals surface area contributed by atoms with Crippen LogP contribution in [0.4, 0.5) is 0 Å². The maximum atomic E-state index is 10.7. The van der Waals surface area contributed by atoms with E-state index in [2.05, 4.69) is 14.7 Å². The lowest BCUT2D eigenvalue weighted by atomic mass is 10.3. The number of esters is 1. The number of nitrogens with zero attached hydrogens (tertiary/aromatic N) is 1. The highest BCUT2D eigenvalue weighted by atomic mass is 16.5. The van der Waals surface area contributed by atoms with Crippen LogP contribution < -0.4 is 5.69 Å². The van der Waals surface area contributed by atoms with Crippen LogP contribution >= 0.6 is 0 Å². The summed E-state index contributed by atoms with van der Waals surface area (Å²) in [5, 5.41) is 0. The first-order valence-corrected chi connectivity index (χ1v) is 4.00. The van der Waals surface area contributed by atoms with Crippen LogP contribution in [0.5, 0.6) is 0 Å². The summed E-state index contributed by atoms with van der Waals surface area (Å²) in [6.45, 7) is 0. The molecule has 5 heteroatoms. The van der Waals surface area contributed by atoms with Crippen molar-refractivity contribution in [2.24, 2.45) is 0 Å². The molecule has 0 unspecified atom stereocenters. The smallest absolute Gasteiger partial charge is 0.344 e. The Labute approximate surface area is 80.4 Å². The summed E-state index contributed by atoms with van der Waals surface area (Å²) < 4.78 is 4.44. The van der Waals surface area contributed by atoms with Crippen molar-refractivity contribution in [3.05, 3.63) is 34.5 Å². The third-order valence-electron chi connectivity index (χ3n) is 1.52. The predicted molar refractivity (Wildman–Crippen MR) is 50.5 cm³/mol. The Morgan fingerprint density at radius 1 is 1.71 bits per heavy atom. The molecule has 0 atom stereocenters. The third kappa shape index (κ3) is 3.22. The minimum atomic E-state index is -0.393. The highest BCUT2D eigenvalue weighted by Crippen LogP contribution is 1.97. The van der Waals surface area contributed by atoms with Gasteiger partial charge in [-0.05, 0) is 0 Å². The molecule has 0 fully saturated rings. The van der Waals surface area contributed by atoms with Gasteiger partial charge < -0.3 is 9.72 Å². The van der Waals surface area contributed by atoms with Crippen LogP contribution in [0.3, 0.4) is 0 Å². The van der Waals surface area contributed by atoms with Gasteiger partial charge in [-0.2, -0.15) is 0 Å². The molecule has 0 radical (unpaired) electrons. The topological polar surface area (TPSA) is 72.0 Å². The van der Waals surface area contributed by atoms with Gasteiger partial charge in [0.2, 0.25) is 0 Å². The van der Waals surface area contributed by atoms with Gasteiger partial charge in [0, 0.05) is 18.0 Å². The Morgan fingerprint density at radius 2 is 2.50 bits per heavy atom. The highest BCUT2D eigenvalue weighted by Gasteiger charge is 1.94. The van der Waals surface area contributed by atoms with Crippen LogP contribution in [0.1, 0.15) is 12.0 Å². The molecule has 5 nitrogen and oxygen atoms in total. The van der Waals surface area contributed by atoms with Gasteiger partial charge in [0.05, 0.1) is 13.5 Å². The van der Waals surface area contributed by atoms with Crippen molar-refractivity contribution < 1.29 is 9.53 Å². The van der Waals surface area contributed by atoms with Gasteiger partial charge in [0.1, 0.15) is 0 Å².